The summed E-state index contributed by atoms with van der Waals surface area (Å²) in [5, 5.41) is 1.31. The molecule has 0 fully saturated rings. The van der Waals surface area contributed by atoms with Crippen molar-refractivity contribution < 1.29 is 13.0 Å². The smallest absolute Gasteiger partial charge is 0.208 e. The Labute approximate surface area is 285 Å². The molecule has 0 aromatic heterocycles. The second-order valence-corrected chi connectivity index (χ2v) is 17.4. The standard InChI is InChI=1S/C43H28NO3PS/c45-48(30-14-2-1-3-15-30)39-24-12-13-25-41(39)49(46,47)42-28-29(26-27-40(42)48)44-37-22-10-8-20-35(37)43(36-21-9-11-23-38(36)44)33-18-6-4-16-31(33)32-17-5-7-19-34(32)43/h1-28H. The summed E-state index contributed by atoms with van der Waals surface area (Å²) in [5.41, 5.74) is 9.17. The van der Waals surface area contributed by atoms with Crippen LogP contribution in [0.5, 0.6) is 0 Å². The van der Waals surface area contributed by atoms with Crippen LogP contribution < -0.4 is 20.8 Å². The van der Waals surface area contributed by atoms with Gasteiger partial charge in [0.25, 0.3) is 0 Å². The molecular weight excluding hydrogens is 642 g/mol. The summed E-state index contributed by atoms with van der Waals surface area (Å²) in [4.78, 5) is 2.36. The second kappa shape index (κ2) is 10.0. The quantitative estimate of drug-likeness (QED) is 0.173. The Morgan fingerprint density at radius 3 is 1.59 bits per heavy atom. The molecule has 49 heavy (non-hydrogen) atoms. The molecule has 1 spiro atoms. The molecule has 1 atom stereocenters. The van der Waals surface area contributed by atoms with E-state index in [4.69, 9.17) is 0 Å². The van der Waals surface area contributed by atoms with Gasteiger partial charge >= 0.3 is 0 Å². The van der Waals surface area contributed by atoms with Gasteiger partial charge in [-0.05, 0) is 75.8 Å². The molecule has 234 valence electrons. The molecular formula is C43H28NO3PS. The molecule has 3 aliphatic rings. The number of para-hydroxylation sites is 2. The van der Waals surface area contributed by atoms with Gasteiger partial charge < -0.3 is 9.46 Å². The van der Waals surface area contributed by atoms with Crippen molar-refractivity contribution in [2.75, 3.05) is 4.90 Å². The molecule has 10 rings (SSSR count). The van der Waals surface area contributed by atoms with Gasteiger partial charge in [0.15, 0.2) is 7.14 Å². The van der Waals surface area contributed by atoms with E-state index in [1.807, 2.05) is 48.5 Å². The summed E-state index contributed by atoms with van der Waals surface area (Å²) >= 11 is 0. The highest BCUT2D eigenvalue weighted by Crippen LogP contribution is 2.63. The summed E-state index contributed by atoms with van der Waals surface area (Å²) in [7, 11) is -7.51. The number of hydrogen-bond acceptors (Lipinski definition) is 4. The number of fused-ring (bicyclic) bond motifs is 11. The van der Waals surface area contributed by atoms with E-state index >= 15 is 4.57 Å². The molecule has 0 N–H and O–H groups in total. The fourth-order valence-electron chi connectivity index (χ4n) is 8.57. The third-order valence-corrected chi connectivity index (χ3v) is 15.8. The molecule has 0 amide bonds. The van der Waals surface area contributed by atoms with E-state index in [1.54, 1.807) is 36.4 Å². The van der Waals surface area contributed by atoms with E-state index in [2.05, 4.69) is 89.8 Å². The Morgan fingerprint density at radius 2 is 0.959 bits per heavy atom. The third-order valence-electron chi connectivity index (χ3n) is 10.5. The van der Waals surface area contributed by atoms with E-state index in [0.29, 0.717) is 21.6 Å². The Kier molecular flexibility index (Phi) is 5.83. The average Bonchev–Trinajstić information content (AvgIpc) is 3.45. The SMILES string of the molecule is O=P1(c2ccccc2)c2ccccc2S(=O)(=O)c2cc(N3c4ccccc4C4(c5ccccc5-c5ccccc54)c4ccccc43)ccc21. The molecule has 7 aromatic carbocycles. The number of benzene rings is 7. The number of hydrogen-bond donors (Lipinski definition) is 0. The molecule has 6 heteroatoms. The summed E-state index contributed by atoms with van der Waals surface area (Å²) in [6.45, 7) is 0. The molecule has 0 saturated carbocycles. The number of anilines is 3. The average molecular weight is 670 g/mol. The predicted molar refractivity (Wildman–Crippen MR) is 197 cm³/mol. The van der Waals surface area contributed by atoms with Crippen LogP contribution in [0.1, 0.15) is 22.3 Å². The minimum Gasteiger partial charge on any atom is -0.310 e. The van der Waals surface area contributed by atoms with Crippen LogP contribution in [-0.2, 0) is 19.8 Å². The van der Waals surface area contributed by atoms with Gasteiger partial charge in [-0.15, -0.1) is 0 Å². The molecule has 7 aromatic rings. The van der Waals surface area contributed by atoms with Crippen molar-refractivity contribution in [2.24, 2.45) is 0 Å². The van der Waals surface area contributed by atoms with Crippen molar-refractivity contribution in [3.05, 3.63) is 192 Å². The van der Waals surface area contributed by atoms with E-state index in [-0.39, 0.29) is 9.79 Å². The highest BCUT2D eigenvalue weighted by atomic mass is 32.2. The van der Waals surface area contributed by atoms with Gasteiger partial charge in [-0.25, -0.2) is 8.42 Å². The lowest BCUT2D eigenvalue weighted by Crippen LogP contribution is -2.37. The summed E-state index contributed by atoms with van der Waals surface area (Å²) in [6, 6.07) is 55.6. The van der Waals surface area contributed by atoms with Crippen LogP contribution in [0.15, 0.2) is 180 Å². The first-order valence-electron chi connectivity index (χ1n) is 16.3. The van der Waals surface area contributed by atoms with E-state index < -0.39 is 22.4 Å². The van der Waals surface area contributed by atoms with Gasteiger partial charge in [0.05, 0.1) is 26.6 Å². The van der Waals surface area contributed by atoms with Crippen molar-refractivity contribution in [1.82, 2.24) is 0 Å². The van der Waals surface area contributed by atoms with Crippen LogP contribution in [0.2, 0.25) is 0 Å². The van der Waals surface area contributed by atoms with Gasteiger partial charge in [-0.3, -0.25) is 0 Å². The van der Waals surface area contributed by atoms with Gasteiger partial charge in [0.1, 0.15) is 0 Å². The maximum atomic E-state index is 15.4. The summed E-state index contributed by atoms with van der Waals surface area (Å²) < 4.78 is 44.3. The lowest BCUT2D eigenvalue weighted by Gasteiger charge is -2.45. The topological polar surface area (TPSA) is 54.5 Å². The van der Waals surface area contributed by atoms with E-state index in [0.717, 1.165) is 22.5 Å². The Morgan fingerprint density at radius 1 is 0.469 bits per heavy atom. The van der Waals surface area contributed by atoms with Gasteiger partial charge in [-0.1, -0.05) is 127 Å². The van der Waals surface area contributed by atoms with E-state index in [9.17, 15) is 8.42 Å². The zero-order valence-corrected chi connectivity index (χ0v) is 27.9. The van der Waals surface area contributed by atoms with E-state index in [1.165, 1.54) is 22.3 Å². The highest BCUT2D eigenvalue weighted by molar-refractivity contribution is 7.96. The van der Waals surface area contributed by atoms with Crippen LogP contribution in [-0.4, -0.2) is 8.42 Å². The van der Waals surface area contributed by atoms with Crippen molar-refractivity contribution in [2.45, 2.75) is 15.2 Å². The molecule has 1 aliphatic carbocycles. The van der Waals surface area contributed by atoms with Crippen LogP contribution in [0.3, 0.4) is 0 Å². The predicted octanol–water partition coefficient (Wildman–Crippen LogP) is 8.62. The zero-order valence-electron chi connectivity index (χ0n) is 26.2. The molecule has 2 heterocycles. The monoisotopic (exact) mass is 669 g/mol. The highest BCUT2D eigenvalue weighted by Gasteiger charge is 2.52. The lowest BCUT2D eigenvalue weighted by molar-refractivity contribution is 0.585. The first-order chi connectivity index (χ1) is 24.0. The van der Waals surface area contributed by atoms with Gasteiger partial charge in [-0.2, -0.15) is 0 Å². The second-order valence-electron chi connectivity index (χ2n) is 12.8. The molecule has 1 unspecified atom stereocenters. The third kappa shape index (κ3) is 3.54. The fraction of sp³-hybridized carbons (Fsp3) is 0.0233. The van der Waals surface area contributed by atoms with Crippen LogP contribution in [0.4, 0.5) is 17.1 Å². The molecule has 0 radical (unpaired) electrons. The Bertz CT molecular complexity index is 2590. The van der Waals surface area contributed by atoms with Crippen molar-refractivity contribution >= 4 is 50.0 Å². The first-order valence-corrected chi connectivity index (χ1v) is 19.5. The minimum absolute atomic E-state index is 0.0858. The van der Waals surface area contributed by atoms with Gasteiger partial charge in [0, 0.05) is 21.6 Å². The number of rotatable bonds is 2. The van der Waals surface area contributed by atoms with Crippen LogP contribution >= 0.6 is 7.14 Å². The maximum Gasteiger partial charge on any atom is 0.208 e. The molecule has 0 saturated heterocycles. The summed E-state index contributed by atoms with van der Waals surface area (Å²) in [5.74, 6) is 0. The lowest BCUT2D eigenvalue weighted by atomic mass is 9.64. The number of sulfone groups is 1. The van der Waals surface area contributed by atoms with Crippen molar-refractivity contribution in [3.8, 4) is 11.1 Å². The largest absolute Gasteiger partial charge is 0.310 e. The summed E-state index contributed by atoms with van der Waals surface area (Å²) in [6.07, 6.45) is 0. The van der Waals surface area contributed by atoms with Gasteiger partial charge in [0.2, 0.25) is 9.84 Å². The molecule has 2 aliphatic heterocycles. The first kappa shape index (κ1) is 28.5. The van der Waals surface area contributed by atoms with Crippen LogP contribution in [0.25, 0.3) is 11.1 Å². The fourth-order valence-corrected chi connectivity index (χ4v) is 14.3. The van der Waals surface area contributed by atoms with Crippen molar-refractivity contribution in [1.29, 1.82) is 0 Å². The Hall–Kier alpha value is -5.48. The maximum absolute atomic E-state index is 15.4. The number of nitrogens with zero attached hydrogens (tertiary/aromatic N) is 1. The Balaban J connectivity index is 1.26. The normalized spacial score (nSPS) is 18.4. The molecule has 0 bridgehead atoms. The van der Waals surface area contributed by atoms with Crippen LogP contribution in [0, 0.1) is 0 Å². The van der Waals surface area contributed by atoms with Crippen molar-refractivity contribution in [3.63, 3.8) is 0 Å². The molecule has 4 nitrogen and oxygen atoms in total. The minimum atomic E-state index is -4.00. The zero-order chi connectivity index (χ0) is 33.0.